The highest BCUT2D eigenvalue weighted by atomic mass is 32.1. The van der Waals surface area contributed by atoms with Gasteiger partial charge >= 0.3 is 0 Å². The van der Waals surface area contributed by atoms with E-state index in [-0.39, 0.29) is 24.5 Å². The second kappa shape index (κ2) is 7.65. The van der Waals surface area contributed by atoms with E-state index >= 15 is 0 Å². The Labute approximate surface area is 119 Å². The van der Waals surface area contributed by atoms with Crippen molar-refractivity contribution < 1.29 is 9.90 Å². The van der Waals surface area contributed by atoms with Crippen molar-refractivity contribution in [2.45, 2.75) is 51.0 Å². The van der Waals surface area contributed by atoms with Gasteiger partial charge in [0.15, 0.2) is 0 Å². The number of aliphatic hydroxyl groups excluding tert-OH is 1. The fourth-order valence-electron chi connectivity index (χ4n) is 2.77. The van der Waals surface area contributed by atoms with Crippen molar-refractivity contribution in [2.24, 2.45) is 5.92 Å². The lowest BCUT2D eigenvalue weighted by atomic mass is 9.85. The number of carbonyl (C=O) groups is 1. The number of thiophene rings is 1. The van der Waals surface area contributed by atoms with Crippen LogP contribution in [0.15, 0.2) is 17.5 Å². The summed E-state index contributed by atoms with van der Waals surface area (Å²) >= 11 is 1.75. The first-order valence-corrected chi connectivity index (χ1v) is 8.10. The molecule has 2 rings (SSSR count). The van der Waals surface area contributed by atoms with E-state index in [0.29, 0.717) is 6.42 Å². The van der Waals surface area contributed by atoms with Gasteiger partial charge in [-0.2, -0.15) is 0 Å². The Hall–Kier alpha value is -0.870. The summed E-state index contributed by atoms with van der Waals surface area (Å²) in [4.78, 5) is 13.3. The molecule has 1 aliphatic rings. The summed E-state index contributed by atoms with van der Waals surface area (Å²) in [6, 6.07) is 4.35. The smallest absolute Gasteiger partial charge is 0.220 e. The van der Waals surface area contributed by atoms with Crippen LogP contribution >= 0.6 is 11.3 Å². The van der Waals surface area contributed by atoms with Crippen LogP contribution in [0.4, 0.5) is 0 Å². The Balaban J connectivity index is 1.68. The van der Waals surface area contributed by atoms with Crippen molar-refractivity contribution in [1.29, 1.82) is 0 Å². The molecule has 1 aliphatic carbocycles. The van der Waals surface area contributed by atoms with Crippen LogP contribution in [0.2, 0.25) is 0 Å². The summed E-state index contributed by atoms with van der Waals surface area (Å²) in [6.45, 7) is 0.195. The van der Waals surface area contributed by atoms with Crippen molar-refractivity contribution in [3.8, 4) is 0 Å². The standard InChI is InChI=1S/C15H23NO2S/c17-11-12-5-1-2-8-14(12)16-15(18)9-3-6-13-7-4-10-19-13/h4,7,10,12,14,17H,1-3,5-6,8-9,11H2,(H,16,18). The lowest BCUT2D eigenvalue weighted by molar-refractivity contribution is -0.122. The quantitative estimate of drug-likeness (QED) is 0.842. The second-order valence-corrected chi connectivity index (χ2v) is 6.37. The van der Waals surface area contributed by atoms with Crippen LogP contribution in [0.1, 0.15) is 43.4 Å². The van der Waals surface area contributed by atoms with Gasteiger partial charge in [0.25, 0.3) is 0 Å². The summed E-state index contributed by atoms with van der Waals surface area (Å²) in [7, 11) is 0. The van der Waals surface area contributed by atoms with E-state index in [1.807, 2.05) is 6.07 Å². The molecule has 106 valence electrons. The predicted molar refractivity (Wildman–Crippen MR) is 78.2 cm³/mol. The van der Waals surface area contributed by atoms with Gasteiger partial charge in [-0.3, -0.25) is 4.79 Å². The molecule has 4 heteroatoms. The number of aliphatic hydroxyl groups is 1. The van der Waals surface area contributed by atoms with Gasteiger partial charge in [0.1, 0.15) is 0 Å². The number of hydrogen-bond acceptors (Lipinski definition) is 3. The molecule has 1 amide bonds. The highest BCUT2D eigenvalue weighted by Crippen LogP contribution is 2.24. The monoisotopic (exact) mass is 281 g/mol. The topological polar surface area (TPSA) is 49.3 Å². The maximum atomic E-state index is 11.9. The van der Waals surface area contributed by atoms with Gasteiger partial charge < -0.3 is 10.4 Å². The molecule has 2 unspecified atom stereocenters. The first kappa shape index (κ1) is 14.5. The van der Waals surface area contributed by atoms with E-state index in [9.17, 15) is 9.90 Å². The Bertz CT molecular complexity index is 378. The van der Waals surface area contributed by atoms with Gasteiger partial charge in [0, 0.05) is 29.9 Å². The van der Waals surface area contributed by atoms with E-state index in [1.165, 1.54) is 11.3 Å². The zero-order valence-electron chi connectivity index (χ0n) is 11.3. The number of rotatable bonds is 6. The molecule has 1 aromatic rings. The van der Waals surface area contributed by atoms with Crippen molar-refractivity contribution >= 4 is 17.2 Å². The molecular formula is C15H23NO2S. The molecule has 3 nitrogen and oxygen atoms in total. The van der Waals surface area contributed by atoms with Gasteiger partial charge in [-0.15, -0.1) is 11.3 Å². The zero-order valence-corrected chi connectivity index (χ0v) is 12.1. The lowest BCUT2D eigenvalue weighted by Crippen LogP contribution is -2.43. The fourth-order valence-corrected chi connectivity index (χ4v) is 3.52. The number of hydrogen-bond donors (Lipinski definition) is 2. The molecule has 19 heavy (non-hydrogen) atoms. The van der Waals surface area contributed by atoms with Gasteiger partial charge in [0.05, 0.1) is 0 Å². The Morgan fingerprint density at radius 1 is 1.42 bits per heavy atom. The van der Waals surface area contributed by atoms with E-state index in [0.717, 1.165) is 32.1 Å². The second-order valence-electron chi connectivity index (χ2n) is 5.33. The molecule has 0 aliphatic heterocycles. The normalized spacial score (nSPS) is 23.2. The minimum atomic E-state index is 0.141. The summed E-state index contributed by atoms with van der Waals surface area (Å²) in [6.07, 6.45) is 6.87. The molecular weight excluding hydrogens is 258 g/mol. The van der Waals surface area contributed by atoms with Crippen LogP contribution in [0.5, 0.6) is 0 Å². The van der Waals surface area contributed by atoms with E-state index in [4.69, 9.17) is 0 Å². The van der Waals surface area contributed by atoms with Crippen molar-refractivity contribution in [3.05, 3.63) is 22.4 Å². The number of aryl methyl sites for hydroxylation is 1. The Morgan fingerprint density at radius 3 is 3.00 bits per heavy atom. The molecule has 2 atom stereocenters. The van der Waals surface area contributed by atoms with Crippen LogP contribution in [-0.4, -0.2) is 23.7 Å². The maximum absolute atomic E-state index is 11.9. The molecule has 0 radical (unpaired) electrons. The van der Waals surface area contributed by atoms with Crippen LogP contribution in [0, 0.1) is 5.92 Å². The first-order valence-electron chi connectivity index (χ1n) is 7.22. The average Bonchev–Trinajstić information content (AvgIpc) is 2.92. The van der Waals surface area contributed by atoms with Gasteiger partial charge in [0.2, 0.25) is 5.91 Å². The average molecular weight is 281 g/mol. The summed E-state index contributed by atoms with van der Waals surface area (Å²) in [5, 5.41) is 14.5. The van der Waals surface area contributed by atoms with Crippen molar-refractivity contribution in [1.82, 2.24) is 5.32 Å². The van der Waals surface area contributed by atoms with Crippen LogP contribution < -0.4 is 5.32 Å². The molecule has 1 fully saturated rings. The summed E-state index contributed by atoms with van der Waals surface area (Å²) < 4.78 is 0. The van der Waals surface area contributed by atoms with Gasteiger partial charge in [-0.05, 0) is 37.1 Å². The lowest BCUT2D eigenvalue weighted by Gasteiger charge is -2.30. The molecule has 2 N–H and O–H groups in total. The fraction of sp³-hybridized carbons (Fsp3) is 0.667. The first-order chi connectivity index (χ1) is 9.29. The number of nitrogens with one attached hydrogen (secondary N) is 1. The summed E-state index contributed by atoms with van der Waals surface area (Å²) in [5.74, 6) is 0.400. The highest BCUT2D eigenvalue weighted by molar-refractivity contribution is 7.09. The van der Waals surface area contributed by atoms with E-state index < -0.39 is 0 Å². The minimum absolute atomic E-state index is 0.141. The zero-order chi connectivity index (χ0) is 13.5. The van der Waals surface area contributed by atoms with Gasteiger partial charge in [-0.25, -0.2) is 0 Å². The minimum Gasteiger partial charge on any atom is -0.396 e. The summed E-state index contributed by atoms with van der Waals surface area (Å²) in [5.41, 5.74) is 0. The van der Waals surface area contributed by atoms with E-state index in [1.54, 1.807) is 11.3 Å². The number of amides is 1. The number of carbonyl (C=O) groups excluding carboxylic acids is 1. The third-order valence-corrected chi connectivity index (χ3v) is 4.83. The molecule has 1 aromatic heterocycles. The van der Waals surface area contributed by atoms with E-state index in [2.05, 4.69) is 16.8 Å². The van der Waals surface area contributed by atoms with Gasteiger partial charge in [-0.1, -0.05) is 18.9 Å². The molecule has 0 saturated heterocycles. The maximum Gasteiger partial charge on any atom is 0.220 e. The predicted octanol–water partition coefficient (Wildman–Crippen LogP) is 2.74. The molecule has 0 spiro atoms. The third-order valence-electron chi connectivity index (χ3n) is 3.90. The third kappa shape index (κ3) is 4.62. The van der Waals surface area contributed by atoms with Crippen LogP contribution in [-0.2, 0) is 11.2 Å². The van der Waals surface area contributed by atoms with Crippen LogP contribution in [0.25, 0.3) is 0 Å². The van der Waals surface area contributed by atoms with Crippen molar-refractivity contribution in [2.75, 3.05) is 6.61 Å². The molecule has 1 heterocycles. The largest absolute Gasteiger partial charge is 0.396 e. The Kier molecular flexibility index (Phi) is 5.86. The SMILES string of the molecule is O=C(CCCc1cccs1)NC1CCCCC1CO. The Morgan fingerprint density at radius 2 is 2.26 bits per heavy atom. The molecule has 0 bridgehead atoms. The molecule has 1 saturated carbocycles. The van der Waals surface area contributed by atoms with Crippen molar-refractivity contribution in [3.63, 3.8) is 0 Å². The highest BCUT2D eigenvalue weighted by Gasteiger charge is 2.25. The van der Waals surface area contributed by atoms with Crippen LogP contribution in [0.3, 0.4) is 0 Å². The molecule has 0 aromatic carbocycles.